The maximum absolute atomic E-state index is 12.2. The van der Waals surface area contributed by atoms with Gasteiger partial charge in [0.15, 0.2) is 5.16 Å². The van der Waals surface area contributed by atoms with E-state index in [1.807, 2.05) is 31.2 Å². The lowest BCUT2D eigenvalue weighted by Crippen LogP contribution is -2.27. The summed E-state index contributed by atoms with van der Waals surface area (Å²) < 4.78 is 17.3. The second-order valence-electron chi connectivity index (χ2n) is 4.57. The van der Waals surface area contributed by atoms with Gasteiger partial charge in [0.05, 0.1) is 42.0 Å². The molecule has 0 spiro atoms. The fourth-order valence-corrected chi connectivity index (χ4v) is 2.99. The Labute approximate surface area is 132 Å². The minimum absolute atomic E-state index is 0.408. The molecule has 22 heavy (non-hydrogen) atoms. The first-order valence-corrected chi connectivity index (χ1v) is 8.42. The molecule has 1 N–H and O–H groups in total. The number of hydroxylamine groups is 1. The van der Waals surface area contributed by atoms with E-state index in [-0.39, 0.29) is 0 Å². The Morgan fingerprint density at radius 1 is 1.41 bits per heavy atom. The molecular formula is C15H21N3O3S. The normalized spacial score (nSPS) is 12.3. The summed E-state index contributed by atoms with van der Waals surface area (Å²) in [6.07, 6.45) is 3.27. The zero-order valence-corrected chi connectivity index (χ0v) is 13.6. The number of benzene rings is 1. The number of imidazole rings is 1. The Morgan fingerprint density at radius 2 is 2.27 bits per heavy atom. The average Bonchev–Trinajstić information content (AvgIpc) is 3.06. The quantitative estimate of drug-likeness (QED) is 0.716. The average molecular weight is 323 g/mol. The number of aromatic nitrogens is 2. The molecule has 0 bridgehead atoms. The van der Waals surface area contributed by atoms with Gasteiger partial charge in [0.25, 0.3) is 0 Å². The standard InChI is InChI=1S/C15H21N3O3S/c1-3-21-18(9-10-20-2)14-6-4-5-13(11-14)12-22(19)15-16-7-8-17-15/h4-8,11H,3,9-10,12H2,1-2H3,(H,16,17). The molecule has 1 unspecified atom stereocenters. The van der Waals surface area contributed by atoms with Crippen molar-refractivity contribution in [1.82, 2.24) is 9.97 Å². The van der Waals surface area contributed by atoms with Crippen molar-refractivity contribution in [3.63, 3.8) is 0 Å². The first kappa shape index (κ1) is 16.7. The van der Waals surface area contributed by atoms with E-state index in [0.29, 0.717) is 30.7 Å². The molecule has 0 aliphatic rings. The van der Waals surface area contributed by atoms with Crippen molar-refractivity contribution in [3.8, 4) is 0 Å². The molecule has 0 saturated carbocycles. The van der Waals surface area contributed by atoms with Gasteiger partial charge in [-0.1, -0.05) is 12.1 Å². The number of hydrogen-bond acceptors (Lipinski definition) is 5. The van der Waals surface area contributed by atoms with Crippen molar-refractivity contribution in [1.29, 1.82) is 0 Å². The number of ether oxygens (including phenoxy) is 1. The maximum Gasteiger partial charge on any atom is 0.196 e. The number of anilines is 1. The lowest BCUT2D eigenvalue weighted by atomic mass is 10.2. The van der Waals surface area contributed by atoms with Crippen LogP contribution in [0.5, 0.6) is 0 Å². The number of nitrogens with one attached hydrogen (secondary N) is 1. The van der Waals surface area contributed by atoms with Gasteiger partial charge in [-0.3, -0.25) is 14.1 Å². The van der Waals surface area contributed by atoms with Crippen LogP contribution in [0, 0.1) is 0 Å². The summed E-state index contributed by atoms with van der Waals surface area (Å²) in [6, 6.07) is 7.82. The molecule has 2 rings (SSSR count). The highest BCUT2D eigenvalue weighted by Gasteiger charge is 2.11. The first-order chi connectivity index (χ1) is 10.7. The van der Waals surface area contributed by atoms with Crippen molar-refractivity contribution in [2.45, 2.75) is 17.8 Å². The Bertz CT molecular complexity index is 589. The lowest BCUT2D eigenvalue weighted by molar-refractivity contribution is 0.0972. The van der Waals surface area contributed by atoms with Crippen LogP contribution in [0.2, 0.25) is 0 Å². The third-order valence-corrected chi connectivity index (χ3v) is 4.22. The SMILES string of the molecule is CCON(CCOC)c1cccc(CS(=O)c2ncc[nH]2)c1. The molecule has 2 aromatic rings. The van der Waals surface area contributed by atoms with Crippen LogP contribution in [-0.4, -0.2) is 41.0 Å². The van der Waals surface area contributed by atoms with Gasteiger partial charge in [-0.15, -0.1) is 0 Å². The summed E-state index contributed by atoms with van der Waals surface area (Å²) in [7, 11) is 0.475. The highest BCUT2D eigenvalue weighted by atomic mass is 32.2. The van der Waals surface area contributed by atoms with Crippen molar-refractivity contribution < 1.29 is 13.8 Å². The van der Waals surface area contributed by atoms with E-state index in [1.165, 1.54) is 0 Å². The van der Waals surface area contributed by atoms with E-state index in [1.54, 1.807) is 24.6 Å². The summed E-state index contributed by atoms with van der Waals surface area (Å²) in [5, 5.41) is 2.29. The Balaban J connectivity index is 2.09. The minimum atomic E-state index is -1.18. The fourth-order valence-electron chi connectivity index (χ4n) is 1.99. The monoisotopic (exact) mass is 323 g/mol. The Morgan fingerprint density at radius 3 is 2.95 bits per heavy atom. The van der Waals surface area contributed by atoms with Crippen molar-refractivity contribution in [2.24, 2.45) is 0 Å². The second-order valence-corrected chi connectivity index (χ2v) is 5.93. The molecule has 6 nitrogen and oxygen atoms in total. The molecule has 0 radical (unpaired) electrons. The lowest BCUT2D eigenvalue weighted by Gasteiger charge is -2.23. The zero-order valence-electron chi connectivity index (χ0n) is 12.8. The van der Waals surface area contributed by atoms with Gasteiger partial charge in [-0.05, 0) is 24.6 Å². The molecule has 1 aromatic carbocycles. The van der Waals surface area contributed by atoms with Gasteiger partial charge < -0.3 is 9.72 Å². The number of methoxy groups -OCH3 is 1. The van der Waals surface area contributed by atoms with Gasteiger partial charge in [0, 0.05) is 19.5 Å². The van der Waals surface area contributed by atoms with E-state index in [2.05, 4.69) is 9.97 Å². The summed E-state index contributed by atoms with van der Waals surface area (Å²) in [5.74, 6) is 0.408. The number of rotatable bonds is 9. The number of nitrogens with zero attached hydrogens (tertiary/aromatic N) is 2. The van der Waals surface area contributed by atoms with Crippen LogP contribution in [0.3, 0.4) is 0 Å². The van der Waals surface area contributed by atoms with E-state index >= 15 is 0 Å². The molecule has 0 aliphatic heterocycles. The largest absolute Gasteiger partial charge is 0.383 e. The number of hydrogen-bond donors (Lipinski definition) is 1. The van der Waals surface area contributed by atoms with Gasteiger partial charge >= 0.3 is 0 Å². The van der Waals surface area contributed by atoms with Gasteiger partial charge in [-0.2, -0.15) is 0 Å². The summed E-state index contributed by atoms with van der Waals surface area (Å²) >= 11 is 0. The molecule has 0 amide bonds. The molecule has 7 heteroatoms. The van der Waals surface area contributed by atoms with Crippen LogP contribution < -0.4 is 5.06 Å². The van der Waals surface area contributed by atoms with Crippen LogP contribution in [-0.2, 0) is 26.1 Å². The van der Waals surface area contributed by atoms with Gasteiger partial charge in [0.1, 0.15) is 0 Å². The van der Waals surface area contributed by atoms with Crippen LogP contribution in [0.1, 0.15) is 12.5 Å². The zero-order chi connectivity index (χ0) is 15.8. The molecule has 120 valence electrons. The van der Waals surface area contributed by atoms with Crippen LogP contribution in [0.25, 0.3) is 0 Å². The topological polar surface area (TPSA) is 67.5 Å². The molecule has 0 fully saturated rings. The molecule has 1 heterocycles. The first-order valence-electron chi connectivity index (χ1n) is 7.10. The van der Waals surface area contributed by atoms with Crippen LogP contribution in [0.4, 0.5) is 5.69 Å². The number of aromatic amines is 1. The predicted octanol–water partition coefficient (Wildman–Crippen LogP) is 2.12. The summed E-state index contributed by atoms with van der Waals surface area (Å²) in [5.41, 5.74) is 1.89. The van der Waals surface area contributed by atoms with E-state index < -0.39 is 10.8 Å². The Kier molecular flexibility index (Phi) is 6.57. The van der Waals surface area contributed by atoms with Gasteiger partial charge in [-0.25, -0.2) is 4.98 Å². The maximum atomic E-state index is 12.2. The number of H-pyrrole nitrogens is 1. The highest BCUT2D eigenvalue weighted by molar-refractivity contribution is 7.84. The predicted molar refractivity (Wildman–Crippen MR) is 86.0 cm³/mol. The van der Waals surface area contributed by atoms with E-state index in [9.17, 15) is 4.21 Å². The molecule has 0 aliphatic carbocycles. The minimum Gasteiger partial charge on any atom is -0.383 e. The smallest absolute Gasteiger partial charge is 0.196 e. The summed E-state index contributed by atoms with van der Waals surface area (Å²) in [4.78, 5) is 12.5. The van der Waals surface area contributed by atoms with Gasteiger partial charge in [0.2, 0.25) is 0 Å². The molecule has 1 atom stereocenters. The van der Waals surface area contributed by atoms with Crippen molar-refractivity contribution >= 4 is 16.5 Å². The molecular weight excluding hydrogens is 302 g/mol. The molecule has 1 aromatic heterocycles. The summed E-state index contributed by atoms with van der Waals surface area (Å²) in [6.45, 7) is 3.72. The van der Waals surface area contributed by atoms with Crippen molar-refractivity contribution in [3.05, 3.63) is 42.2 Å². The third kappa shape index (κ3) is 4.66. The molecule has 0 saturated heterocycles. The van der Waals surface area contributed by atoms with Crippen molar-refractivity contribution in [2.75, 3.05) is 31.9 Å². The Hall–Kier alpha value is -1.70. The van der Waals surface area contributed by atoms with E-state index in [4.69, 9.17) is 9.57 Å². The van der Waals surface area contributed by atoms with Crippen LogP contribution in [0.15, 0.2) is 41.8 Å². The fraction of sp³-hybridized carbons (Fsp3) is 0.400. The third-order valence-electron chi connectivity index (χ3n) is 2.97. The van der Waals surface area contributed by atoms with Crippen LogP contribution >= 0.6 is 0 Å². The highest BCUT2D eigenvalue weighted by Crippen LogP contribution is 2.18. The second kappa shape index (κ2) is 8.67. The van der Waals surface area contributed by atoms with E-state index in [0.717, 1.165) is 11.3 Å².